The number of halogens is 1. The van der Waals surface area contributed by atoms with E-state index in [1.807, 2.05) is 18.2 Å². The molecule has 1 fully saturated rings. The van der Waals surface area contributed by atoms with Crippen molar-refractivity contribution in [3.63, 3.8) is 0 Å². The van der Waals surface area contributed by atoms with E-state index in [4.69, 9.17) is 0 Å². The van der Waals surface area contributed by atoms with Crippen LogP contribution in [-0.2, 0) is 0 Å². The summed E-state index contributed by atoms with van der Waals surface area (Å²) < 4.78 is 13.1. The van der Waals surface area contributed by atoms with Gasteiger partial charge in [-0.3, -0.25) is 0 Å². The van der Waals surface area contributed by atoms with Crippen LogP contribution < -0.4 is 10.2 Å². The van der Waals surface area contributed by atoms with E-state index in [1.54, 1.807) is 17.0 Å². The molecule has 2 aromatic carbocycles. The first-order valence-corrected chi connectivity index (χ1v) is 10.5. The van der Waals surface area contributed by atoms with Gasteiger partial charge in [-0.15, -0.1) is 0 Å². The van der Waals surface area contributed by atoms with Crippen molar-refractivity contribution in [2.24, 2.45) is 0 Å². The molecule has 2 heterocycles. The van der Waals surface area contributed by atoms with Crippen LogP contribution in [0.15, 0.2) is 54.6 Å². The van der Waals surface area contributed by atoms with Gasteiger partial charge in [0.1, 0.15) is 5.82 Å². The number of hydrogen-bond donors (Lipinski definition) is 1. The number of urea groups is 1. The summed E-state index contributed by atoms with van der Waals surface area (Å²) in [7, 11) is 4.26. The Morgan fingerprint density at radius 1 is 1.07 bits per heavy atom. The molecule has 1 saturated heterocycles. The molecule has 5 nitrogen and oxygen atoms in total. The molecule has 2 aliphatic rings. The Balaban J connectivity index is 1.32. The maximum Gasteiger partial charge on any atom is 0.322 e. The normalized spacial score (nSPS) is 19.2. The lowest BCUT2D eigenvalue weighted by atomic mass is 10.00. The van der Waals surface area contributed by atoms with Crippen molar-refractivity contribution in [1.82, 2.24) is 9.80 Å². The predicted octanol–water partition coefficient (Wildman–Crippen LogP) is 4.29. The van der Waals surface area contributed by atoms with E-state index >= 15 is 0 Å². The zero-order chi connectivity index (χ0) is 21.1. The summed E-state index contributed by atoms with van der Waals surface area (Å²) in [6.45, 7) is 3.30. The van der Waals surface area contributed by atoms with Crippen molar-refractivity contribution < 1.29 is 9.18 Å². The van der Waals surface area contributed by atoms with Gasteiger partial charge in [0.15, 0.2) is 0 Å². The molecule has 0 radical (unpaired) electrons. The van der Waals surface area contributed by atoms with Crippen molar-refractivity contribution in [2.75, 3.05) is 50.5 Å². The second-order valence-corrected chi connectivity index (χ2v) is 8.26. The largest absolute Gasteiger partial charge is 0.370 e. The fourth-order valence-electron chi connectivity index (χ4n) is 4.14. The van der Waals surface area contributed by atoms with Crippen LogP contribution in [-0.4, -0.2) is 62.1 Å². The quantitative estimate of drug-likeness (QED) is 0.820. The lowest BCUT2D eigenvalue weighted by Crippen LogP contribution is -2.37. The zero-order valence-electron chi connectivity index (χ0n) is 17.6. The van der Waals surface area contributed by atoms with E-state index in [9.17, 15) is 9.18 Å². The number of benzene rings is 2. The van der Waals surface area contributed by atoms with E-state index in [2.05, 4.69) is 41.3 Å². The number of hydrogen-bond acceptors (Lipinski definition) is 3. The van der Waals surface area contributed by atoms with Crippen LogP contribution in [0.25, 0.3) is 5.57 Å². The van der Waals surface area contributed by atoms with Crippen LogP contribution in [0.5, 0.6) is 0 Å². The molecule has 0 aromatic heterocycles. The SMILES string of the molecule is CN(C)C1CCN(c2ccc(NC(=O)N3CC=C(c4ccc(F)cc4)CC3)cc2)C1. The Labute approximate surface area is 177 Å². The van der Waals surface area contributed by atoms with Crippen LogP contribution in [0.4, 0.5) is 20.6 Å². The fraction of sp³-hybridized carbons (Fsp3) is 0.375. The summed E-state index contributed by atoms with van der Waals surface area (Å²) in [5.41, 5.74) is 4.18. The van der Waals surface area contributed by atoms with Gasteiger partial charge in [-0.05, 0) is 74.5 Å². The molecule has 4 rings (SSSR count). The number of nitrogens with one attached hydrogen (secondary N) is 1. The number of amides is 2. The highest BCUT2D eigenvalue weighted by Gasteiger charge is 2.24. The van der Waals surface area contributed by atoms with Crippen molar-refractivity contribution in [2.45, 2.75) is 18.9 Å². The molecule has 1 atom stereocenters. The summed E-state index contributed by atoms with van der Waals surface area (Å²) >= 11 is 0. The standard InChI is InChI=1S/C24H29FN4O/c1-27(2)23-13-16-29(17-23)22-9-7-21(8-10-22)26-24(30)28-14-11-19(12-15-28)18-3-5-20(25)6-4-18/h3-11,23H,12-17H2,1-2H3,(H,26,30). The minimum Gasteiger partial charge on any atom is -0.370 e. The van der Waals surface area contributed by atoms with Crippen LogP contribution in [0.1, 0.15) is 18.4 Å². The number of rotatable bonds is 4. The predicted molar refractivity (Wildman–Crippen MR) is 120 cm³/mol. The fourth-order valence-corrected chi connectivity index (χ4v) is 4.14. The summed E-state index contributed by atoms with van der Waals surface area (Å²) in [4.78, 5) is 19.1. The highest BCUT2D eigenvalue weighted by molar-refractivity contribution is 5.90. The van der Waals surface area contributed by atoms with Crippen molar-refractivity contribution in [3.8, 4) is 0 Å². The molecule has 1 N–H and O–H groups in total. The molecule has 30 heavy (non-hydrogen) atoms. The third-order valence-electron chi connectivity index (χ3n) is 6.09. The van der Waals surface area contributed by atoms with Crippen LogP contribution in [0.3, 0.4) is 0 Å². The number of likely N-dealkylation sites (N-methyl/N-ethyl adjacent to an activating group) is 1. The van der Waals surface area contributed by atoms with Gasteiger partial charge in [0, 0.05) is 43.6 Å². The van der Waals surface area contributed by atoms with E-state index < -0.39 is 0 Å². The topological polar surface area (TPSA) is 38.8 Å². The summed E-state index contributed by atoms with van der Waals surface area (Å²) in [6, 6.07) is 15.1. The Morgan fingerprint density at radius 3 is 2.40 bits per heavy atom. The maximum absolute atomic E-state index is 13.1. The van der Waals surface area contributed by atoms with Crippen LogP contribution in [0, 0.1) is 5.82 Å². The number of carbonyl (C=O) groups excluding carboxylic acids is 1. The Morgan fingerprint density at radius 2 is 1.80 bits per heavy atom. The molecule has 158 valence electrons. The smallest absolute Gasteiger partial charge is 0.322 e. The summed E-state index contributed by atoms with van der Waals surface area (Å²) in [5.74, 6) is -0.232. The van der Waals surface area contributed by atoms with E-state index in [1.165, 1.54) is 24.2 Å². The zero-order valence-corrected chi connectivity index (χ0v) is 17.6. The Kier molecular flexibility index (Phi) is 6.04. The lowest BCUT2D eigenvalue weighted by molar-refractivity contribution is 0.217. The molecule has 0 bridgehead atoms. The van der Waals surface area contributed by atoms with Gasteiger partial charge in [0.05, 0.1) is 0 Å². The average molecular weight is 409 g/mol. The molecule has 2 aliphatic heterocycles. The highest BCUT2D eigenvalue weighted by Crippen LogP contribution is 2.25. The number of carbonyl (C=O) groups is 1. The minimum absolute atomic E-state index is 0.0917. The Hall–Kier alpha value is -2.86. The molecule has 0 saturated carbocycles. The van der Waals surface area contributed by atoms with Crippen molar-refractivity contribution in [3.05, 3.63) is 66.0 Å². The summed E-state index contributed by atoms with van der Waals surface area (Å²) in [5, 5.41) is 3.00. The van der Waals surface area contributed by atoms with Gasteiger partial charge in [0.25, 0.3) is 0 Å². The number of nitrogens with zero attached hydrogens (tertiary/aromatic N) is 3. The molecule has 6 heteroatoms. The third-order valence-corrected chi connectivity index (χ3v) is 6.09. The molecular formula is C24H29FN4O. The second-order valence-electron chi connectivity index (χ2n) is 8.26. The first-order chi connectivity index (χ1) is 14.5. The van der Waals surface area contributed by atoms with Gasteiger partial charge in [-0.1, -0.05) is 18.2 Å². The molecule has 0 spiro atoms. The average Bonchev–Trinajstić information content (AvgIpc) is 3.26. The van der Waals surface area contributed by atoms with Crippen molar-refractivity contribution >= 4 is 23.0 Å². The maximum atomic E-state index is 13.1. The monoisotopic (exact) mass is 408 g/mol. The van der Waals surface area contributed by atoms with E-state index in [-0.39, 0.29) is 11.8 Å². The lowest BCUT2D eigenvalue weighted by Gasteiger charge is -2.27. The third kappa shape index (κ3) is 4.65. The molecule has 2 aromatic rings. The van der Waals surface area contributed by atoms with Gasteiger partial charge in [0.2, 0.25) is 0 Å². The van der Waals surface area contributed by atoms with E-state index in [0.717, 1.165) is 36.3 Å². The van der Waals surface area contributed by atoms with Gasteiger partial charge >= 0.3 is 6.03 Å². The minimum atomic E-state index is -0.232. The Bertz CT molecular complexity index is 908. The second kappa shape index (κ2) is 8.88. The van der Waals surface area contributed by atoms with Gasteiger partial charge in [-0.2, -0.15) is 0 Å². The van der Waals surface area contributed by atoms with Crippen molar-refractivity contribution in [1.29, 1.82) is 0 Å². The first-order valence-electron chi connectivity index (χ1n) is 10.5. The van der Waals surface area contributed by atoms with Gasteiger partial charge in [-0.25, -0.2) is 9.18 Å². The van der Waals surface area contributed by atoms with Crippen LogP contribution in [0.2, 0.25) is 0 Å². The number of anilines is 2. The van der Waals surface area contributed by atoms with Crippen LogP contribution >= 0.6 is 0 Å². The first kappa shape index (κ1) is 20.4. The molecule has 2 amide bonds. The van der Waals surface area contributed by atoms with E-state index in [0.29, 0.717) is 19.1 Å². The summed E-state index contributed by atoms with van der Waals surface area (Å²) in [6.07, 6.45) is 3.99. The highest BCUT2D eigenvalue weighted by atomic mass is 19.1. The molecule has 0 aliphatic carbocycles. The van der Waals surface area contributed by atoms with Gasteiger partial charge < -0.3 is 20.0 Å². The molecule has 1 unspecified atom stereocenters. The molecular weight excluding hydrogens is 379 g/mol.